The van der Waals surface area contributed by atoms with Gasteiger partial charge in [0, 0.05) is 9.79 Å². The molecule has 92 valence electrons. The standard InChI is InChI=1S/C16H17NS/c1-9-5-11(3)15-13(7-9)17-14-8-10(2)6-12(4)16(14)18-15/h5-8,17H,1-4H3. The molecular weight excluding hydrogens is 238 g/mol. The second-order valence-corrected chi connectivity index (χ2v) is 6.16. The summed E-state index contributed by atoms with van der Waals surface area (Å²) in [7, 11) is 0. The molecule has 1 aliphatic rings. The number of hydrogen-bond donors (Lipinski definition) is 1. The van der Waals surface area contributed by atoms with Crippen molar-refractivity contribution >= 4 is 23.1 Å². The van der Waals surface area contributed by atoms with Gasteiger partial charge in [0.15, 0.2) is 0 Å². The fourth-order valence-corrected chi connectivity index (χ4v) is 3.70. The summed E-state index contributed by atoms with van der Waals surface area (Å²) in [6, 6.07) is 8.97. The average molecular weight is 255 g/mol. The van der Waals surface area contributed by atoms with Crippen molar-refractivity contribution in [3.8, 4) is 0 Å². The van der Waals surface area contributed by atoms with Crippen molar-refractivity contribution in [3.05, 3.63) is 46.5 Å². The molecule has 2 heteroatoms. The maximum Gasteiger partial charge on any atom is 0.0531 e. The van der Waals surface area contributed by atoms with Crippen LogP contribution >= 0.6 is 11.8 Å². The first-order valence-corrected chi connectivity index (χ1v) is 7.03. The maximum absolute atomic E-state index is 3.58. The Balaban J connectivity index is 2.18. The third-order valence-electron chi connectivity index (χ3n) is 3.31. The van der Waals surface area contributed by atoms with E-state index in [9.17, 15) is 0 Å². The summed E-state index contributed by atoms with van der Waals surface area (Å²) in [5, 5.41) is 3.58. The highest BCUT2D eigenvalue weighted by Crippen LogP contribution is 2.47. The normalized spacial score (nSPS) is 12.7. The molecule has 0 saturated carbocycles. The molecule has 0 fully saturated rings. The van der Waals surface area contributed by atoms with Gasteiger partial charge in [-0.15, -0.1) is 0 Å². The molecule has 0 radical (unpaired) electrons. The summed E-state index contributed by atoms with van der Waals surface area (Å²) < 4.78 is 0. The van der Waals surface area contributed by atoms with E-state index < -0.39 is 0 Å². The van der Waals surface area contributed by atoms with Crippen molar-refractivity contribution in [1.82, 2.24) is 0 Å². The van der Waals surface area contributed by atoms with Crippen LogP contribution in [0.4, 0.5) is 11.4 Å². The van der Waals surface area contributed by atoms with Crippen LogP contribution in [0.2, 0.25) is 0 Å². The van der Waals surface area contributed by atoms with Crippen molar-refractivity contribution in [2.75, 3.05) is 5.32 Å². The number of benzene rings is 2. The Morgan fingerprint density at radius 2 is 1.17 bits per heavy atom. The summed E-state index contributed by atoms with van der Waals surface area (Å²) in [6.45, 7) is 8.68. The molecule has 1 heterocycles. The van der Waals surface area contributed by atoms with Crippen LogP contribution in [0.1, 0.15) is 22.3 Å². The van der Waals surface area contributed by atoms with Crippen molar-refractivity contribution in [2.45, 2.75) is 37.5 Å². The molecule has 2 aromatic rings. The first kappa shape index (κ1) is 11.7. The number of anilines is 2. The first-order chi connectivity index (χ1) is 8.54. The minimum absolute atomic E-state index is 1.25. The van der Waals surface area contributed by atoms with E-state index in [2.05, 4.69) is 57.3 Å². The average Bonchev–Trinajstić information content (AvgIpc) is 2.26. The van der Waals surface area contributed by atoms with Crippen LogP contribution in [0.15, 0.2) is 34.1 Å². The lowest BCUT2D eigenvalue weighted by atomic mass is 10.1. The van der Waals surface area contributed by atoms with Gasteiger partial charge >= 0.3 is 0 Å². The third-order valence-corrected chi connectivity index (χ3v) is 4.80. The number of rotatable bonds is 0. The zero-order valence-corrected chi connectivity index (χ0v) is 12.0. The molecule has 0 spiro atoms. The van der Waals surface area contributed by atoms with E-state index >= 15 is 0 Å². The van der Waals surface area contributed by atoms with Crippen LogP contribution in [-0.4, -0.2) is 0 Å². The van der Waals surface area contributed by atoms with E-state index in [0.717, 1.165) is 0 Å². The van der Waals surface area contributed by atoms with Crippen LogP contribution in [0.3, 0.4) is 0 Å². The molecule has 0 bridgehead atoms. The molecule has 1 aliphatic heterocycles. The summed E-state index contributed by atoms with van der Waals surface area (Å²) in [6.07, 6.45) is 0. The Morgan fingerprint density at radius 3 is 1.61 bits per heavy atom. The van der Waals surface area contributed by atoms with Crippen LogP contribution < -0.4 is 5.32 Å². The fraction of sp³-hybridized carbons (Fsp3) is 0.250. The third kappa shape index (κ3) is 1.81. The zero-order valence-electron chi connectivity index (χ0n) is 11.2. The maximum atomic E-state index is 3.58. The Kier molecular flexibility index (Phi) is 2.63. The second-order valence-electron chi connectivity index (χ2n) is 5.14. The van der Waals surface area contributed by atoms with Gasteiger partial charge in [-0.25, -0.2) is 0 Å². The Hall–Kier alpha value is -1.41. The number of fused-ring (bicyclic) bond motifs is 2. The summed E-state index contributed by atoms with van der Waals surface area (Å²) in [4.78, 5) is 2.72. The monoisotopic (exact) mass is 255 g/mol. The van der Waals surface area contributed by atoms with Gasteiger partial charge in [-0.1, -0.05) is 23.9 Å². The lowest BCUT2D eigenvalue weighted by molar-refractivity contribution is 1.19. The highest BCUT2D eigenvalue weighted by molar-refractivity contribution is 7.99. The molecular formula is C16H17NS. The Labute approximate surface area is 113 Å². The van der Waals surface area contributed by atoms with Gasteiger partial charge in [0.1, 0.15) is 0 Å². The van der Waals surface area contributed by atoms with E-state index in [0.29, 0.717) is 0 Å². The molecule has 0 amide bonds. The fourth-order valence-electron chi connectivity index (χ4n) is 2.61. The molecule has 0 aromatic heterocycles. The predicted molar refractivity (Wildman–Crippen MR) is 79.2 cm³/mol. The molecule has 0 saturated heterocycles. The molecule has 1 N–H and O–H groups in total. The lowest BCUT2D eigenvalue weighted by Gasteiger charge is -2.24. The van der Waals surface area contributed by atoms with Crippen molar-refractivity contribution in [3.63, 3.8) is 0 Å². The minimum atomic E-state index is 1.25. The SMILES string of the molecule is Cc1cc(C)c2c(c1)Nc1cc(C)cc(C)c1S2. The quantitative estimate of drug-likeness (QED) is 0.597. The summed E-state index contributed by atoms with van der Waals surface area (Å²) in [5.74, 6) is 0. The van der Waals surface area contributed by atoms with Crippen molar-refractivity contribution in [2.24, 2.45) is 0 Å². The lowest BCUT2D eigenvalue weighted by Crippen LogP contribution is -2.03. The van der Waals surface area contributed by atoms with Gasteiger partial charge in [-0.05, 0) is 62.1 Å². The molecule has 0 aliphatic carbocycles. The van der Waals surface area contributed by atoms with Gasteiger partial charge in [0.2, 0.25) is 0 Å². The molecule has 2 aromatic carbocycles. The van der Waals surface area contributed by atoms with E-state index in [1.807, 2.05) is 11.8 Å². The van der Waals surface area contributed by atoms with Crippen molar-refractivity contribution < 1.29 is 0 Å². The van der Waals surface area contributed by atoms with E-state index in [-0.39, 0.29) is 0 Å². The van der Waals surface area contributed by atoms with Gasteiger partial charge in [0.05, 0.1) is 11.4 Å². The smallest absolute Gasteiger partial charge is 0.0531 e. The molecule has 3 rings (SSSR count). The first-order valence-electron chi connectivity index (χ1n) is 6.22. The Bertz CT molecular complexity index is 589. The molecule has 18 heavy (non-hydrogen) atoms. The highest BCUT2D eigenvalue weighted by Gasteiger charge is 2.19. The van der Waals surface area contributed by atoms with Crippen LogP contribution in [0, 0.1) is 27.7 Å². The topological polar surface area (TPSA) is 12.0 Å². The molecule has 0 unspecified atom stereocenters. The van der Waals surface area contributed by atoms with Crippen LogP contribution in [-0.2, 0) is 0 Å². The van der Waals surface area contributed by atoms with Gasteiger partial charge in [-0.3, -0.25) is 0 Å². The highest BCUT2D eigenvalue weighted by atomic mass is 32.2. The largest absolute Gasteiger partial charge is 0.354 e. The second kappa shape index (κ2) is 4.06. The molecule has 0 atom stereocenters. The predicted octanol–water partition coefficient (Wildman–Crippen LogP) is 5.13. The van der Waals surface area contributed by atoms with Crippen LogP contribution in [0.25, 0.3) is 0 Å². The van der Waals surface area contributed by atoms with Crippen molar-refractivity contribution in [1.29, 1.82) is 0 Å². The number of nitrogens with one attached hydrogen (secondary N) is 1. The van der Waals surface area contributed by atoms with Gasteiger partial charge < -0.3 is 5.32 Å². The molecule has 1 nitrogen and oxygen atoms in total. The van der Waals surface area contributed by atoms with E-state index in [1.54, 1.807) is 0 Å². The summed E-state index contributed by atoms with van der Waals surface area (Å²) in [5.41, 5.74) is 7.82. The van der Waals surface area contributed by atoms with Gasteiger partial charge in [-0.2, -0.15) is 0 Å². The van der Waals surface area contributed by atoms with E-state index in [4.69, 9.17) is 0 Å². The zero-order chi connectivity index (χ0) is 12.9. The van der Waals surface area contributed by atoms with Gasteiger partial charge in [0.25, 0.3) is 0 Å². The van der Waals surface area contributed by atoms with E-state index in [1.165, 1.54) is 43.4 Å². The number of hydrogen-bond acceptors (Lipinski definition) is 2. The number of aryl methyl sites for hydroxylation is 4. The Morgan fingerprint density at radius 1 is 0.722 bits per heavy atom. The summed E-state index contributed by atoms with van der Waals surface area (Å²) >= 11 is 1.89. The van der Waals surface area contributed by atoms with Crippen LogP contribution in [0.5, 0.6) is 0 Å². The minimum Gasteiger partial charge on any atom is -0.354 e.